The number of aromatic nitrogens is 4. The third-order valence-corrected chi connectivity index (χ3v) is 4.97. The quantitative estimate of drug-likeness (QED) is 0.904. The fourth-order valence-electron chi connectivity index (χ4n) is 2.33. The standard InChI is InChI=1S/C13H17N5OS/c1-8(2)11-14-6-9(20-11)10(19)17-13(4-3-5-13)12-15-7-16-18-12/h6-8H,3-5H2,1-2H3,(H,17,19)(H,15,16,18). The summed E-state index contributed by atoms with van der Waals surface area (Å²) in [7, 11) is 0. The zero-order chi connectivity index (χ0) is 14.2. The van der Waals surface area contributed by atoms with Gasteiger partial charge in [0, 0.05) is 5.92 Å². The van der Waals surface area contributed by atoms with Crippen LogP contribution in [0.25, 0.3) is 0 Å². The SMILES string of the molecule is CC(C)c1ncc(C(=O)NC2(c3ncn[nH]3)CCC2)s1. The minimum atomic E-state index is -0.379. The van der Waals surface area contributed by atoms with E-state index in [0.29, 0.717) is 10.8 Å². The smallest absolute Gasteiger partial charge is 0.263 e. The second kappa shape index (κ2) is 4.97. The van der Waals surface area contributed by atoms with E-state index in [1.165, 1.54) is 17.7 Å². The Morgan fingerprint density at radius 1 is 1.45 bits per heavy atom. The molecule has 2 N–H and O–H groups in total. The summed E-state index contributed by atoms with van der Waals surface area (Å²) in [5.74, 6) is 1.00. The number of H-pyrrole nitrogens is 1. The van der Waals surface area contributed by atoms with E-state index >= 15 is 0 Å². The van der Waals surface area contributed by atoms with E-state index in [1.807, 2.05) is 0 Å². The van der Waals surface area contributed by atoms with Gasteiger partial charge in [0.2, 0.25) is 0 Å². The molecule has 2 aromatic heterocycles. The van der Waals surface area contributed by atoms with Gasteiger partial charge in [-0.05, 0) is 19.3 Å². The molecule has 1 fully saturated rings. The topological polar surface area (TPSA) is 83.6 Å². The van der Waals surface area contributed by atoms with Crippen LogP contribution in [0.2, 0.25) is 0 Å². The molecule has 2 heterocycles. The summed E-state index contributed by atoms with van der Waals surface area (Å²) in [6, 6.07) is 0. The first kappa shape index (κ1) is 13.2. The van der Waals surface area contributed by atoms with Gasteiger partial charge in [-0.25, -0.2) is 9.97 Å². The molecule has 0 saturated heterocycles. The minimum absolute atomic E-state index is 0.0782. The van der Waals surface area contributed by atoms with E-state index < -0.39 is 0 Å². The first-order valence-electron chi connectivity index (χ1n) is 6.75. The fourth-order valence-corrected chi connectivity index (χ4v) is 3.14. The van der Waals surface area contributed by atoms with Gasteiger partial charge in [0.1, 0.15) is 17.0 Å². The Kier molecular flexibility index (Phi) is 3.29. The van der Waals surface area contributed by atoms with Crippen molar-refractivity contribution in [1.82, 2.24) is 25.5 Å². The lowest BCUT2D eigenvalue weighted by Crippen LogP contribution is -2.51. The minimum Gasteiger partial charge on any atom is -0.339 e. The normalized spacial score (nSPS) is 16.9. The molecule has 20 heavy (non-hydrogen) atoms. The molecule has 1 aliphatic carbocycles. The van der Waals surface area contributed by atoms with Gasteiger partial charge in [-0.3, -0.25) is 9.89 Å². The predicted molar refractivity (Wildman–Crippen MR) is 75.6 cm³/mol. The van der Waals surface area contributed by atoms with Crippen molar-refractivity contribution in [2.24, 2.45) is 0 Å². The third kappa shape index (κ3) is 2.22. The Morgan fingerprint density at radius 2 is 2.25 bits per heavy atom. The number of rotatable bonds is 4. The molecule has 0 aliphatic heterocycles. The number of nitrogens with one attached hydrogen (secondary N) is 2. The zero-order valence-electron chi connectivity index (χ0n) is 11.5. The summed E-state index contributed by atoms with van der Waals surface area (Å²) in [5, 5.41) is 10.8. The van der Waals surface area contributed by atoms with Crippen molar-refractivity contribution in [2.45, 2.75) is 44.6 Å². The Bertz CT molecular complexity index is 600. The molecular weight excluding hydrogens is 274 g/mol. The molecule has 0 atom stereocenters. The number of aromatic amines is 1. The Hall–Kier alpha value is -1.76. The molecular formula is C13H17N5OS. The summed E-state index contributed by atoms with van der Waals surface area (Å²) in [6.07, 6.45) is 6.00. The predicted octanol–water partition coefficient (Wildman–Crippen LogP) is 2.19. The number of hydrogen-bond donors (Lipinski definition) is 2. The van der Waals surface area contributed by atoms with Crippen LogP contribution in [-0.2, 0) is 5.54 Å². The first-order valence-corrected chi connectivity index (χ1v) is 7.56. The van der Waals surface area contributed by atoms with Gasteiger partial charge >= 0.3 is 0 Å². The van der Waals surface area contributed by atoms with Crippen LogP contribution in [-0.4, -0.2) is 26.1 Å². The van der Waals surface area contributed by atoms with Crippen LogP contribution in [0.15, 0.2) is 12.5 Å². The zero-order valence-corrected chi connectivity index (χ0v) is 12.3. The summed E-state index contributed by atoms with van der Waals surface area (Å²) < 4.78 is 0. The van der Waals surface area contributed by atoms with Crippen molar-refractivity contribution in [3.05, 3.63) is 28.2 Å². The Morgan fingerprint density at radius 3 is 2.75 bits per heavy atom. The van der Waals surface area contributed by atoms with Crippen molar-refractivity contribution >= 4 is 17.2 Å². The van der Waals surface area contributed by atoms with Gasteiger partial charge in [-0.1, -0.05) is 13.8 Å². The van der Waals surface area contributed by atoms with Gasteiger partial charge in [-0.15, -0.1) is 11.3 Å². The average molecular weight is 291 g/mol. The lowest BCUT2D eigenvalue weighted by molar-refractivity contribution is 0.0814. The van der Waals surface area contributed by atoms with Gasteiger partial charge in [-0.2, -0.15) is 5.10 Å². The molecule has 0 aromatic carbocycles. The van der Waals surface area contributed by atoms with Crippen LogP contribution in [0, 0.1) is 0 Å². The Balaban J connectivity index is 1.77. The van der Waals surface area contributed by atoms with Crippen LogP contribution >= 0.6 is 11.3 Å². The second-order valence-corrected chi connectivity index (χ2v) is 6.50. The summed E-state index contributed by atoms with van der Waals surface area (Å²) in [5.41, 5.74) is -0.379. The van der Waals surface area contributed by atoms with E-state index in [0.717, 1.165) is 30.1 Å². The molecule has 7 heteroatoms. The van der Waals surface area contributed by atoms with E-state index in [9.17, 15) is 4.79 Å². The largest absolute Gasteiger partial charge is 0.339 e. The number of hydrogen-bond acceptors (Lipinski definition) is 5. The number of nitrogens with zero attached hydrogens (tertiary/aromatic N) is 3. The van der Waals surface area contributed by atoms with Crippen LogP contribution in [0.4, 0.5) is 0 Å². The van der Waals surface area contributed by atoms with E-state index in [-0.39, 0.29) is 11.4 Å². The lowest BCUT2D eigenvalue weighted by atomic mass is 9.76. The van der Waals surface area contributed by atoms with Crippen LogP contribution < -0.4 is 5.32 Å². The van der Waals surface area contributed by atoms with Crippen LogP contribution in [0.1, 0.15) is 59.5 Å². The summed E-state index contributed by atoms with van der Waals surface area (Å²) in [4.78, 5) is 21.5. The molecule has 6 nitrogen and oxygen atoms in total. The molecule has 0 spiro atoms. The highest BCUT2D eigenvalue weighted by molar-refractivity contribution is 7.13. The lowest BCUT2D eigenvalue weighted by Gasteiger charge is -2.40. The van der Waals surface area contributed by atoms with Gasteiger partial charge in [0.05, 0.1) is 16.7 Å². The maximum absolute atomic E-state index is 12.4. The van der Waals surface area contributed by atoms with Crippen LogP contribution in [0.5, 0.6) is 0 Å². The highest BCUT2D eigenvalue weighted by atomic mass is 32.1. The maximum Gasteiger partial charge on any atom is 0.263 e. The molecule has 2 aromatic rings. The van der Waals surface area contributed by atoms with E-state index in [1.54, 1.807) is 6.20 Å². The van der Waals surface area contributed by atoms with E-state index in [2.05, 4.69) is 39.3 Å². The molecule has 0 unspecified atom stereocenters. The van der Waals surface area contributed by atoms with Crippen molar-refractivity contribution < 1.29 is 4.79 Å². The highest BCUT2D eigenvalue weighted by Crippen LogP contribution is 2.39. The number of thiazole rings is 1. The van der Waals surface area contributed by atoms with Gasteiger partial charge in [0.15, 0.2) is 0 Å². The maximum atomic E-state index is 12.4. The fraction of sp³-hybridized carbons (Fsp3) is 0.538. The highest BCUT2D eigenvalue weighted by Gasteiger charge is 2.43. The molecule has 3 rings (SSSR count). The molecule has 106 valence electrons. The second-order valence-electron chi connectivity index (χ2n) is 5.44. The molecule has 0 bridgehead atoms. The summed E-state index contributed by atoms with van der Waals surface area (Å²) >= 11 is 1.45. The molecule has 1 amide bonds. The number of carbonyl (C=O) groups is 1. The number of carbonyl (C=O) groups excluding carboxylic acids is 1. The van der Waals surface area contributed by atoms with Gasteiger partial charge in [0.25, 0.3) is 5.91 Å². The first-order chi connectivity index (χ1) is 9.61. The van der Waals surface area contributed by atoms with Gasteiger partial charge < -0.3 is 5.32 Å². The molecule has 1 saturated carbocycles. The van der Waals surface area contributed by atoms with Crippen LogP contribution in [0.3, 0.4) is 0 Å². The van der Waals surface area contributed by atoms with Crippen molar-refractivity contribution in [1.29, 1.82) is 0 Å². The molecule has 1 aliphatic rings. The van der Waals surface area contributed by atoms with E-state index in [4.69, 9.17) is 0 Å². The van der Waals surface area contributed by atoms with Crippen molar-refractivity contribution in [2.75, 3.05) is 0 Å². The monoisotopic (exact) mass is 291 g/mol. The number of amides is 1. The third-order valence-electron chi connectivity index (χ3n) is 3.67. The summed E-state index contributed by atoms with van der Waals surface area (Å²) in [6.45, 7) is 4.14. The van der Waals surface area contributed by atoms with Crippen molar-refractivity contribution in [3.8, 4) is 0 Å². The molecule has 0 radical (unpaired) electrons. The average Bonchev–Trinajstić information content (AvgIpc) is 3.03. The van der Waals surface area contributed by atoms with Crippen molar-refractivity contribution in [3.63, 3.8) is 0 Å². The Labute approximate surface area is 121 Å².